The molecule has 1 amide bonds. The number of hydrogen-bond acceptors (Lipinski definition) is 3. The van der Waals surface area contributed by atoms with Gasteiger partial charge in [0.25, 0.3) is 0 Å². The minimum Gasteiger partial charge on any atom is -0.369 e. The van der Waals surface area contributed by atoms with Crippen molar-refractivity contribution in [1.29, 1.82) is 0 Å². The van der Waals surface area contributed by atoms with E-state index >= 15 is 0 Å². The van der Waals surface area contributed by atoms with E-state index in [4.69, 9.17) is 17.2 Å². The third kappa shape index (κ3) is 3.57. The zero-order valence-electron chi connectivity index (χ0n) is 12.0. The van der Waals surface area contributed by atoms with Crippen LogP contribution >= 0.6 is 0 Å². The highest BCUT2D eigenvalue weighted by atomic mass is 16.2. The largest absolute Gasteiger partial charge is 0.369 e. The molecule has 7 nitrogen and oxygen atoms in total. The molecule has 0 radical (unpaired) electrons. The number of nitrogens with zero attached hydrogens (tertiary/aromatic N) is 3. The van der Waals surface area contributed by atoms with Crippen LogP contribution in [0.5, 0.6) is 0 Å². The Morgan fingerprint density at radius 3 is 2.71 bits per heavy atom. The van der Waals surface area contributed by atoms with E-state index in [1.54, 1.807) is 0 Å². The first-order valence-electron chi connectivity index (χ1n) is 6.75. The van der Waals surface area contributed by atoms with Crippen LogP contribution in [0.2, 0.25) is 0 Å². The Labute approximate surface area is 123 Å². The highest BCUT2D eigenvalue weighted by molar-refractivity contribution is 6.03. The molecule has 1 fully saturated rings. The zero-order chi connectivity index (χ0) is 15.4. The molecular weight excluding hydrogens is 268 g/mol. The predicted molar refractivity (Wildman–Crippen MR) is 83.0 cm³/mol. The van der Waals surface area contributed by atoms with Gasteiger partial charge >= 0.3 is 0 Å². The van der Waals surface area contributed by atoms with Crippen molar-refractivity contribution in [3.05, 3.63) is 29.8 Å². The molecule has 112 valence electrons. The maximum atomic E-state index is 11.8. The van der Waals surface area contributed by atoms with E-state index in [9.17, 15) is 4.79 Å². The smallest absolute Gasteiger partial charge is 0.229 e. The van der Waals surface area contributed by atoms with Crippen LogP contribution in [-0.2, 0) is 4.79 Å². The van der Waals surface area contributed by atoms with Gasteiger partial charge in [-0.15, -0.1) is 0 Å². The molecule has 1 unspecified atom stereocenters. The topological polar surface area (TPSA) is 123 Å². The van der Waals surface area contributed by atoms with E-state index in [2.05, 4.69) is 9.98 Å². The van der Waals surface area contributed by atoms with E-state index in [1.807, 2.05) is 31.2 Å². The molecule has 0 spiro atoms. The van der Waals surface area contributed by atoms with Gasteiger partial charge in [0, 0.05) is 13.0 Å². The summed E-state index contributed by atoms with van der Waals surface area (Å²) in [5.74, 6) is 0.104. The first-order chi connectivity index (χ1) is 10.0. The highest BCUT2D eigenvalue weighted by Gasteiger charge is 2.30. The van der Waals surface area contributed by atoms with E-state index in [1.165, 1.54) is 4.90 Å². The van der Waals surface area contributed by atoms with Crippen LogP contribution in [0.4, 0.5) is 5.69 Å². The van der Waals surface area contributed by atoms with Gasteiger partial charge in [-0.3, -0.25) is 9.69 Å². The maximum absolute atomic E-state index is 11.8. The summed E-state index contributed by atoms with van der Waals surface area (Å²) in [5.41, 5.74) is 18.9. The van der Waals surface area contributed by atoms with Crippen LogP contribution in [0.3, 0.4) is 0 Å². The Hall–Kier alpha value is -2.41. The molecule has 0 bridgehead atoms. The number of aryl methyl sites for hydroxylation is 1. The molecule has 7 heteroatoms. The second kappa shape index (κ2) is 6.36. The first kappa shape index (κ1) is 15.0. The van der Waals surface area contributed by atoms with Crippen molar-refractivity contribution in [3.63, 3.8) is 0 Å². The monoisotopic (exact) mass is 288 g/mol. The number of rotatable bonds is 2. The summed E-state index contributed by atoms with van der Waals surface area (Å²) in [6, 6.07) is 7.54. The van der Waals surface area contributed by atoms with Crippen LogP contribution in [0.1, 0.15) is 12.0 Å². The van der Waals surface area contributed by atoms with E-state index in [0.29, 0.717) is 19.5 Å². The number of likely N-dealkylation sites (tertiary alicyclic amines) is 1. The number of nitrogens with two attached hydrogens (primary N) is 3. The number of hydrogen-bond donors (Lipinski definition) is 3. The lowest BCUT2D eigenvalue weighted by Crippen LogP contribution is -2.40. The summed E-state index contributed by atoms with van der Waals surface area (Å²) >= 11 is 0. The van der Waals surface area contributed by atoms with Gasteiger partial charge in [0.2, 0.25) is 17.8 Å². The van der Waals surface area contributed by atoms with Gasteiger partial charge in [0.15, 0.2) is 0 Å². The second-order valence-electron chi connectivity index (χ2n) is 5.04. The number of carbonyl (C=O) groups is 1. The number of guanidine groups is 2. The maximum Gasteiger partial charge on any atom is 0.229 e. The van der Waals surface area contributed by atoms with Crippen molar-refractivity contribution >= 4 is 23.5 Å². The van der Waals surface area contributed by atoms with Gasteiger partial charge in [-0.05, 0) is 31.0 Å². The van der Waals surface area contributed by atoms with Gasteiger partial charge in [0.1, 0.15) is 0 Å². The van der Waals surface area contributed by atoms with E-state index < -0.39 is 0 Å². The fourth-order valence-electron chi connectivity index (χ4n) is 2.18. The lowest BCUT2D eigenvalue weighted by Gasteiger charge is -2.14. The predicted octanol–water partition coefficient (Wildman–Crippen LogP) is 0.0631. The summed E-state index contributed by atoms with van der Waals surface area (Å²) in [7, 11) is 0. The summed E-state index contributed by atoms with van der Waals surface area (Å²) in [4.78, 5) is 21.4. The number of para-hydroxylation sites is 1. The molecule has 0 saturated carbocycles. The van der Waals surface area contributed by atoms with Gasteiger partial charge in [0.05, 0.1) is 5.69 Å². The number of carbonyl (C=O) groups excluding carboxylic acids is 1. The van der Waals surface area contributed by atoms with Crippen molar-refractivity contribution < 1.29 is 4.79 Å². The third-order valence-corrected chi connectivity index (χ3v) is 3.39. The third-order valence-electron chi connectivity index (χ3n) is 3.39. The minimum absolute atomic E-state index is 0.0193. The SMILES string of the molecule is Cc1ccccc1N=C(N)/N=C(\N)N1CC(CN)CC1=O. The molecule has 0 aromatic heterocycles. The lowest BCUT2D eigenvalue weighted by atomic mass is 10.1. The zero-order valence-corrected chi connectivity index (χ0v) is 12.0. The van der Waals surface area contributed by atoms with Crippen molar-refractivity contribution in [2.75, 3.05) is 13.1 Å². The normalized spacial score (nSPS) is 20.2. The molecular formula is C14H20N6O. The quantitative estimate of drug-likeness (QED) is 0.526. The fourth-order valence-corrected chi connectivity index (χ4v) is 2.18. The second-order valence-corrected chi connectivity index (χ2v) is 5.04. The Bertz CT molecular complexity index is 595. The van der Waals surface area contributed by atoms with E-state index in [-0.39, 0.29) is 23.7 Å². The van der Waals surface area contributed by atoms with Crippen molar-refractivity contribution in [1.82, 2.24) is 4.90 Å². The fraction of sp³-hybridized carbons (Fsp3) is 0.357. The van der Waals surface area contributed by atoms with Gasteiger partial charge in [-0.2, -0.15) is 4.99 Å². The van der Waals surface area contributed by atoms with Gasteiger partial charge in [-0.25, -0.2) is 4.99 Å². The first-order valence-corrected chi connectivity index (χ1v) is 6.75. The average molecular weight is 288 g/mol. The Kier molecular flexibility index (Phi) is 4.54. The van der Waals surface area contributed by atoms with Crippen molar-refractivity contribution in [3.8, 4) is 0 Å². The molecule has 6 N–H and O–H groups in total. The highest BCUT2D eigenvalue weighted by Crippen LogP contribution is 2.18. The molecule has 1 aromatic rings. The van der Waals surface area contributed by atoms with Gasteiger partial charge in [-0.1, -0.05) is 18.2 Å². The van der Waals surface area contributed by atoms with Crippen molar-refractivity contribution in [2.45, 2.75) is 13.3 Å². The molecule has 21 heavy (non-hydrogen) atoms. The van der Waals surface area contributed by atoms with Crippen molar-refractivity contribution in [2.24, 2.45) is 33.1 Å². The Morgan fingerprint density at radius 1 is 1.38 bits per heavy atom. The molecule has 1 aromatic carbocycles. The molecule has 1 aliphatic heterocycles. The number of benzene rings is 1. The summed E-state index contributed by atoms with van der Waals surface area (Å²) < 4.78 is 0. The standard InChI is InChI=1S/C14H20N6O/c1-9-4-2-3-5-11(9)18-13(16)19-14(17)20-8-10(7-15)6-12(20)21/h2-5,10H,6-8,15H2,1H3,(H4,16,17,18,19). The lowest BCUT2D eigenvalue weighted by molar-refractivity contribution is -0.124. The molecule has 1 heterocycles. The summed E-state index contributed by atoms with van der Waals surface area (Å²) in [6.07, 6.45) is 0.390. The number of aliphatic imine (C=N–C) groups is 2. The molecule has 1 aliphatic rings. The Balaban J connectivity index is 2.15. The average Bonchev–Trinajstić information content (AvgIpc) is 2.82. The summed E-state index contributed by atoms with van der Waals surface area (Å²) in [6.45, 7) is 2.85. The van der Waals surface area contributed by atoms with Crippen LogP contribution in [0.25, 0.3) is 0 Å². The van der Waals surface area contributed by atoms with Crippen LogP contribution < -0.4 is 17.2 Å². The molecule has 1 saturated heterocycles. The summed E-state index contributed by atoms with van der Waals surface area (Å²) in [5, 5.41) is 0. The minimum atomic E-state index is -0.0876. The van der Waals surface area contributed by atoms with Gasteiger partial charge < -0.3 is 17.2 Å². The van der Waals surface area contributed by atoms with E-state index in [0.717, 1.165) is 11.3 Å². The Morgan fingerprint density at radius 2 is 2.10 bits per heavy atom. The molecule has 1 atom stereocenters. The van der Waals surface area contributed by atoms with Crippen LogP contribution in [-0.4, -0.2) is 35.8 Å². The molecule has 0 aliphatic carbocycles. The molecule has 2 rings (SSSR count). The van der Waals surface area contributed by atoms with Crippen LogP contribution in [0, 0.1) is 12.8 Å². The number of amides is 1. The van der Waals surface area contributed by atoms with Crippen LogP contribution in [0.15, 0.2) is 34.3 Å².